The van der Waals surface area contributed by atoms with Crippen molar-refractivity contribution in [2.75, 3.05) is 6.61 Å². The largest absolute Gasteiger partial charge is 0.411 e. The molecule has 16 heavy (non-hydrogen) atoms. The fourth-order valence-corrected chi connectivity index (χ4v) is 2.63. The second-order valence-corrected chi connectivity index (χ2v) is 4.47. The second-order valence-electron chi connectivity index (χ2n) is 4.47. The van der Waals surface area contributed by atoms with E-state index in [1.54, 1.807) is 6.92 Å². The number of nitriles is 1. The minimum Gasteiger partial charge on any atom is -0.364 e. The van der Waals surface area contributed by atoms with Crippen LogP contribution >= 0.6 is 0 Å². The van der Waals surface area contributed by atoms with Gasteiger partial charge < -0.3 is 4.74 Å². The van der Waals surface area contributed by atoms with Gasteiger partial charge in [-0.25, -0.2) is 0 Å². The number of fused-ring (bicyclic) bond motifs is 1. The van der Waals surface area contributed by atoms with Crippen molar-refractivity contribution >= 4 is 0 Å². The summed E-state index contributed by atoms with van der Waals surface area (Å²) in [5.74, 6) is -0.0717. The molecule has 0 bridgehead atoms. The molecular formula is C11H12F3NO. The maximum atomic E-state index is 12.0. The maximum absolute atomic E-state index is 12.0. The van der Waals surface area contributed by atoms with Crippen LogP contribution in [0.1, 0.15) is 13.8 Å². The number of allylic oxidation sites excluding steroid dienone is 1. The van der Waals surface area contributed by atoms with Crippen molar-refractivity contribution < 1.29 is 17.9 Å². The SMILES string of the molecule is CC1=C(C)[C@H](OCC(F)(F)F)[C@H]2[C@H](C#N)[C@@H]12. The lowest BCUT2D eigenvalue weighted by Crippen LogP contribution is -2.25. The minimum atomic E-state index is -4.30. The second kappa shape index (κ2) is 3.49. The Morgan fingerprint density at radius 2 is 1.94 bits per heavy atom. The van der Waals surface area contributed by atoms with E-state index in [9.17, 15) is 13.2 Å². The van der Waals surface area contributed by atoms with Crippen LogP contribution in [-0.4, -0.2) is 18.9 Å². The molecule has 0 aromatic heterocycles. The van der Waals surface area contributed by atoms with Crippen molar-refractivity contribution in [3.63, 3.8) is 0 Å². The van der Waals surface area contributed by atoms with E-state index >= 15 is 0 Å². The summed E-state index contributed by atoms with van der Waals surface area (Å²) in [4.78, 5) is 0. The molecular weight excluding hydrogens is 219 g/mol. The molecule has 0 saturated heterocycles. The molecule has 0 N–H and O–H groups in total. The summed E-state index contributed by atoms with van der Waals surface area (Å²) in [5, 5.41) is 8.81. The summed E-state index contributed by atoms with van der Waals surface area (Å²) in [6.07, 6.45) is -4.82. The van der Waals surface area contributed by atoms with Crippen molar-refractivity contribution in [1.29, 1.82) is 5.26 Å². The Balaban J connectivity index is 2.04. The van der Waals surface area contributed by atoms with Gasteiger partial charge in [-0.15, -0.1) is 0 Å². The molecule has 1 fully saturated rings. The molecule has 0 spiro atoms. The minimum absolute atomic E-state index is 0.0488. The number of nitrogens with zero attached hydrogens (tertiary/aromatic N) is 1. The number of alkyl halides is 3. The summed E-state index contributed by atoms with van der Waals surface area (Å²) < 4.78 is 41.0. The average molecular weight is 231 g/mol. The first-order chi connectivity index (χ1) is 7.37. The smallest absolute Gasteiger partial charge is 0.364 e. The summed E-state index contributed by atoms with van der Waals surface area (Å²) in [6, 6.07) is 2.12. The van der Waals surface area contributed by atoms with E-state index in [0.717, 1.165) is 11.1 Å². The number of hydrogen-bond acceptors (Lipinski definition) is 2. The predicted octanol–water partition coefficient (Wildman–Crippen LogP) is 2.67. The van der Waals surface area contributed by atoms with Gasteiger partial charge in [0.05, 0.1) is 18.1 Å². The first-order valence-corrected chi connectivity index (χ1v) is 5.12. The standard InChI is InChI=1S/C11H12F3NO/c1-5-6(2)10(16-4-11(12,13)14)9-7(3-15)8(5)9/h7-10H,4H2,1-2H3/t7-,8-,9+,10+/m1/s1. The maximum Gasteiger partial charge on any atom is 0.411 e. The summed E-state index contributed by atoms with van der Waals surface area (Å²) >= 11 is 0. The number of rotatable bonds is 2. The normalized spacial score (nSPS) is 37.2. The van der Waals surface area contributed by atoms with Crippen molar-refractivity contribution in [2.24, 2.45) is 17.8 Å². The van der Waals surface area contributed by atoms with Crippen LogP contribution in [0.5, 0.6) is 0 Å². The molecule has 5 heteroatoms. The number of hydrogen-bond donors (Lipinski definition) is 0. The van der Waals surface area contributed by atoms with Gasteiger partial charge in [0.1, 0.15) is 6.61 Å². The predicted molar refractivity (Wildman–Crippen MR) is 50.3 cm³/mol. The van der Waals surface area contributed by atoms with Crippen LogP contribution in [0.25, 0.3) is 0 Å². The third-order valence-corrected chi connectivity index (χ3v) is 3.55. The van der Waals surface area contributed by atoms with Crippen molar-refractivity contribution in [1.82, 2.24) is 0 Å². The molecule has 0 aromatic rings. The Bertz CT molecular complexity index is 380. The van der Waals surface area contributed by atoms with Gasteiger partial charge in [-0.05, 0) is 19.4 Å². The Morgan fingerprint density at radius 1 is 1.31 bits per heavy atom. The fraction of sp³-hybridized carbons (Fsp3) is 0.727. The molecule has 1 saturated carbocycles. The lowest BCUT2D eigenvalue weighted by molar-refractivity contribution is -0.183. The molecule has 0 heterocycles. The van der Waals surface area contributed by atoms with E-state index in [2.05, 4.69) is 6.07 Å². The highest BCUT2D eigenvalue weighted by molar-refractivity contribution is 5.39. The van der Waals surface area contributed by atoms with E-state index in [4.69, 9.17) is 10.00 Å². The molecule has 0 amide bonds. The van der Waals surface area contributed by atoms with Gasteiger partial charge in [-0.2, -0.15) is 18.4 Å². The van der Waals surface area contributed by atoms with Gasteiger partial charge in [-0.3, -0.25) is 0 Å². The Kier molecular flexibility index (Phi) is 2.50. The van der Waals surface area contributed by atoms with Crippen LogP contribution < -0.4 is 0 Å². The Hall–Kier alpha value is -1.02. The van der Waals surface area contributed by atoms with Crippen LogP contribution in [0.2, 0.25) is 0 Å². The molecule has 0 aromatic carbocycles. The molecule has 88 valence electrons. The quantitative estimate of drug-likeness (QED) is 0.684. The topological polar surface area (TPSA) is 33.0 Å². The van der Waals surface area contributed by atoms with Crippen LogP contribution in [0, 0.1) is 29.1 Å². The zero-order chi connectivity index (χ0) is 12.1. The van der Waals surface area contributed by atoms with Crippen LogP contribution in [-0.2, 0) is 4.74 Å². The van der Waals surface area contributed by atoms with Crippen molar-refractivity contribution in [3.8, 4) is 6.07 Å². The zero-order valence-electron chi connectivity index (χ0n) is 9.01. The van der Waals surface area contributed by atoms with E-state index in [-0.39, 0.29) is 17.8 Å². The van der Waals surface area contributed by atoms with E-state index in [0.29, 0.717) is 0 Å². The highest BCUT2D eigenvalue weighted by atomic mass is 19.4. The molecule has 0 unspecified atom stereocenters. The summed E-state index contributed by atoms with van der Waals surface area (Å²) in [5.41, 5.74) is 1.90. The van der Waals surface area contributed by atoms with Gasteiger partial charge in [0, 0.05) is 11.8 Å². The first-order valence-electron chi connectivity index (χ1n) is 5.12. The zero-order valence-corrected chi connectivity index (χ0v) is 9.01. The molecule has 4 atom stereocenters. The fourth-order valence-electron chi connectivity index (χ4n) is 2.63. The third kappa shape index (κ3) is 1.71. The summed E-state index contributed by atoms with van der Waals surface area (Å²) in [7, 11) is 0. The van der Waals surface area contributed by atoms with Crippen molar-refractivity contribution in [2.45, 2.75) is 26.1 Å². The molecule has 2 aliphatic carbocycles. The first kappa shape index (κ1) is 11.5. The van der Waals surface area contributed by atoms with Gasteiger partial charge in [-0.1, -0.05) is 5.57 Å². The Morgan fingerprint density at radius 3 is 2.44 bits per heavy atom. The molecule has 0 radical (unpaired) electrons. The number of halogens is 3. The highest BCUT2D eigenvalue weighted by Gasteiger charge is 2.61. The molecule has 0 aliphatic heterocycles. The molecule has 2 rings (SSSR count). The van der Waals surface area contributed by atoms with E-state index < -0.39 is 18.9 Å². The van der Waals surface area contributed by atoms with Gasteiger partial charge in [0.2, 0.25) is 0 Å². The van der Waals surface area contributed by atoms with Gasteiger partial charge >= 0.3 is 6.18 Å². The third-order valence-electron chi connectivity index (χ3n) is 3.55. The summed E-state index contributed by atoms with van der Waals surface area (Å²) in [6.45, 7) is 2.43. The molecule has 2 aliphatic rings. The van der Waals surface area contributed by atoms with Crippen LogP contribution in [0.3, 0.4) is 0 Å². The molecule has 2 nitrogen and oxygen atoms in total. The monoisotopic (exact) mass is 231 g/mol. The van der Waals surface area contributed by atoms with E-state index in [1.807, 2.05) is 6.92 Å². The lowest BCUT2D eigenvalue weighted by atomic mass is 10.0. The average Bonchev–Trinajstić information content (AvgIpc) is 2.83. The van der Waals surface area contributed by atoms with Gasteiger partial charge in [0.25, 0.3) is 0 Å². The van der Waals surface area contributed by atoms with Crippen molar-refractivity contribution in [3.05, 3.63) is 11.1 Å². The lowest BCUT2D eigenvalue weighted by Gasteiger charge is -2.18. The van der Waals surface area contributed by atoms with Crippen LogP contribution in [0.15, 0.2) is 11.1 Å². The number of ether oxygens (including phenoxy) is 1. The van der Waals surface area contributed by atoms with E-state index in [1.165, 1.54) is 0 Å². The Labute approximate surface area is 91.7 Å². The highest BCUT2D eigenvalue weighted by Crippen LogP contribution is 2.60. The van der Waals surface area contributed by atoms with Gasteiger partial charge in [0.15, 0.2) is 0 Å². The van der Waals surface area contributed by atoms with Crippen LogP contribution in [0.4, 0.5) is 13.2 Å².